The third-order valence-electron chi connectivity index (χ3n) is 4.47. The largest absolute Gasteiger partial charge is 0.315 e. The van der Waals surface area contributed by atoms with Gasteiger partial charge >= 0.3 is 0 Å². The summed E-state index contributed by atoms with van der Waals surface area (Å²) in [4.78, 5) is 2.61. The average Bonchev–Trinajstić information content (AvgIpc) is 2.98. The number of likely N-dealkylation sites (N-methyl/N-ethyl adjacent to an activating group) is 1. The summed E-state index contributed by atoms with van der Waals surface area (Å²) in [6, 6.07) is 12.2. The van der Waals surface area contributed by atoms with Crippen LogP contribution in [0.3, 0.4) is 0 Å². The first-order valence-corrected chi connectivity index (χ1v) is 8.16. The monoisotopic (exact) mass is 274 g/mol. The van der Waals surface area contributed by atoms with E-state index in [9.17, 15) is 0 Å². The average molecular weight is 274 g/mol. The van der Waals surface area contributed by atoms with Gasteiger partial charge in [0.15, 0.2) is 0 Å². The molecule has 0 saturated heterocycles. The van der Waals surface area contributed by atoms with Gasteiger partial charge in [-0.05, 0) is 37.9 Å². The summed E-state index contributed by atoms with van der Waals surface area (Å²) in [7, 11) is 2.31. The highest BCUT2D eigenvalue weighted by molar-refractivity contribution is 5.19. The molecule has 0 aliphatic heterocycles. The van der Waals surface area contributed by atoms with Gasteiger partial charge in [-0.3, -0.25) is 4.90 Å². The molecule has 1 atom stereocenters. The standard InChI is InChI=1S/C18H30N2/c1-15(2)13-19-14-18(16-9-5-4-6-10-16)20(3)17-11-7-8-12-17/h4-6,9-10,15,17-19H,7-8,11-14H2,1-3H3. The molecule has 1 aromatic rings. The van der Waals surface area contributed by atoms with Crippen molar-refractivity contribution in [3.05, 3.63) is 35.9 Å². The van der Waals surface area contributed by atoms with Crippen molar-refractivity contribution in [2.75, 3.05) is 20.1 Å². The number of nitrogens with one attached hydrogen (secondary N) is 1. The van der Waals surface area contributed by atoms with E-state index in [2.05, 4.69) is 61.4 Å². The maximum atomic E-state index is 3.65. The highest BCUT2D eigenvalue weighted by atomic mass is 15.2. The van der Waals surface area contributed by atoms with Crippen LogP contribution in [0.15, 0.2) is 30.3 Å². The molecule has 1 fully saturated rings. The lowest BCUT2D eigenvalue weighted by Gasteiger charge is -2.34. The summed E-state index contributed by atoms with van der Waals surface area (Å²) in [6.45, 7) is 6.69. The minimum Gasteiger partial charge on any atom is -0.315 e. The van der Waals surface area contributed by atoms with Crippen molar-refractivity contribution < 1.29 is 0 Å². The fraction of sp³-hybridized carbons (Fsp3) is 0.667. The molecule has 0 radical (unpaired) electrons. The van der Waals surface area contributed by atoms with Crippen molar-refractivity contribution in [2.24, 2.45) is 5.92 Å². The van der Waals surface area contributed by atoms with Crippen LogP contribution in [0.5, 0.6) is 0 Å². The second-order valence-electron chi connectivity index (χ2n) is 6.58. The Labute approximate surface area is 124 Å². The van der Waals surface area contributed by atoms with E-state index >= 15 is 0 Å². The fourth-order valence-electron chi connectivity index (χ4n) is 3.25. The summed E-state index contributed by atoms with van der Waals surface area (Å²) in [6.07, 6.45) is 5.53. The van der Waals surface area contributed by atoms with Crippen molar-refractivity contribution in [3.8, 4) is 0 Å². The van der Waals surface area contributed by atoms with Crippen molar-refractivity contribution in [3.63, 3.8) is 0 Å². The molecule has 0 aromatic heterocycles. The van der Waals surface area contributed by atoms with E-state index in [0.29, 0.717) is 12.0 Å². The van der Waals surface area contributed by atoms with Gasteiger partial charge in [-0.15, -0.1) is 0 Å². The van der Waals surface area contributed by atoms with Crippen LogP contribution in [0.25, 0.3) is 0 Å². The smallest absolute Gasteiger partial charge is 0.0472 e. The van der Waals surface area contributed by atoms with Crippen molar-refractivity contribution in [2.45, 2.75) is 51.6 Å². The minimum atomic E-state index is 0.498. The normalized spacial score (nSPS) is 18.1. The van der Waals surface area contributed by atoms with E-state index in [-0.39, 0.29) is 0 Å². The summed E-state index contributed by atoms with van der Waals surface area (Å²) in [5.74, 6) is 0.711. The summed E-state index contributed by atoms with van der Waals surface area (Å²) < 4.78 is 0. The van der Waals surface area contributed by atoms with Gasteiger partial charge in [-0.1, -0.05) is 57.0 Å². The first-order valence-electron chi connectivity index (χ1n) is 8.16. The third kappa shape index (κ3) is 4.32. The van der Waals surface area contributed by atoms with Crippen LogP contribution < -0.4 is 5.32 Å². The van der Waals surface area contributed by atoms with Gasteiger partial charge < -0.3 is 5.32 Å². The van der Waals surface area contributed by atoms with Gasteiger partial charge in [0.2, 0.25) is 0 Å². The number of rotatable bonds is 7. The van der Waals surface area contributed by atoms with Crippen LogP contribution in [0.1, 0.15) is 51.1 Å². The number of hydrogen-bond acceptors (Lipinski definition) is 2. The van der Waals surface area contributed by atoms with Crippen molar-refractivity contribution in [1.82, 2.24) is 10.2 Å². The second kappa shape index (κ2) is 7.80. The molecule has 0 amide bonds. The van der Waals surface area contributed by atoms with Crippen LogP contribution >= 0.6 is 0 Å². The number of nitrogens with zero attached hydrogens (tertiary/aromatic N) is 1. The van der Waals surface area contributed by atoms with Crippen LogP contribution in [0.2, 0.25) is 0 Å². The zero-order chi connectivity index (χ0) is 14.4. The molecule has 20 heavy (non-hydrogen) atoms. The van der Waals surface area contributed by atoms with E-state index < -0.39 is 0 Å². The highest BCUT2D eigenvalue weighted by Gasteiger charge is 2.26. The molecule has 1 N–H and O–H groups in total. The molecule has 1 aliphatic carbocycles. The predicted molar refractivity (Wildman–Crippen MR) is 86.9 cm³/mol. The Morgan fingerprint density at radius 1 is 1.10 bits per heavy atom. The van der Waals surface area contributed by atoms with Gasteiger partial charge in [0, 0.05) is 18.6 Å². The Morgan fingerprint density at radius 3 is 2.35 bits per heavy atom. The van der Waals surface area contributed by atoms with Crippen molar-refractivity contribution >= 4 is 0 Å². The molecule has 0 spiro atoms. The molecule has 1 aromatic carbocycles. The molecular weight excluding hydrogens is 244 g/mol. The quantitative estimate of drug-likeness (QED) is 0.812. The number of hydrogen-bond donors (Lipinski definition) is 1. The zero-order valence-electron chi connectivity index (χ0n) is 13.3. The lowest BCUT2D eigenvalue weighted by Crippen LogP contribution is -2.39. The first-order chi connectivity index (χ1) is 9.68. The lowest BCUT2D eigenvalue weighted by atomic mass is 10.0. The maximum absolute atomic E-state index is 3.65. The Hall–Kier alpha value is -0.860. The highest BCUT2D eigenvalue weighted by Crippen LogP contribution is 2.29. The van der Waals surface area contributed by atoms with E-state index in [4.69, 9.17) is 0 Å². The Kier molecular flexibility index (Phi) is 6.06. The van der Waals surface area contributed by atoms with Crippen LogP contribution in [-0.2, 0) is 0 Å². The Balaban J connectivity index is 2.02. The first kappa shape index (κ1) is 15.5. The molecule has 1 unspecified atom stereocenters. The second-order valence-corrected chi connectivity index (χ2v) is 6.58. The molecule has 2 rings (SSSR count). The van der Waals surface area contributed by atoms with E-state index in [0.717, 1.165) is 19.1 Å². The van der Waals surface area contributed by atoms with Crippen LogP contribution in [0.4, 0.5) is 0 Å². The van der Waals surface area contributed by atoms with Crippen LogP contribution in [-0.4, -0.2) is 31.1 Å². The topological polar surface area (TPSA) is 15.3 Å². The third-order valence-corrected chi connectivity index (χ3v) is 4.47. The van der Waals surface area contributed by atoms with Gasteiger partial charge in [0.1, 0.15) is 0 Å². The predicted octanol–water partition coefficient (Wildman–Crippen LogP) is 3.85. The van der Waals surface area contributed by atoms with E-state index in [1.165, 1.54) is 31.2 Å². The minimum absolute atomic E-state index is 0.498. The molecular formula is C18H30N2. The molecule has 1 aliphatic rings. The SMILES string of the molecule is CC(C)CNCC(c1ccccc1)N(C)C1CCCC1. The molecule has 1 saturated carbocycles. The van der Waals surface area contributed by atoms with E-state index in [1.54, 1.807) is 0 Å². The van der Waals surface area contributed by atoms with Gasteiger partial charge in [0.05, 0.1) is 0 Å². The van der Waals surface area contributed by atoms with Gasteiger partial charge in [-0.25, -0.2) is 0 Å². The van der Waals surface area contributed by atoms with Crippen LogP contribution in [0, 0.1) is 5.92 Å². The maximum Gasteiger partial charge on any atom is 0.0472 e. The molecule has 0 heterocycles. The molecule has 2 nitrogen and oxygen atoms in total. The van der Waals surface area contributed by atoms with E-state index in [1.807, 2.05) is 0 Å². The Bertz CT molecular complexity index is 368. The number of benzene rings is 1. The summed E-state index contributed by atoms with van der Waals surface area (Å²) in [5, 5.41) is 3.65. The summed E-state index contributed by atoms with van der Waals surface area (Å²) >= 11 is 0. The lowest BCUT2D eigenvalue weighted by molar-refractivity contribution is 0.170. The molecule has 2 heteroatoms. The van der Waals surface area contributed by atoms with Crippen molar-refractivity contribution in [1.29, 1.82) is 0 Å². The van der Waals surface area contributed by atoms with Gasteiger partial charge in [-0.2, -0.15) is 0 Å². The van der Waals surface area contributed by atoms with Gasteiger partial charge in [0.25, 0.3) is 0 Å². The Morgan fingerprint density at radius 2 is 1.75 bits per heavy atom. The molecule has 0 bridgehead atoms. The fourth-order valence-corrected chi connectivity index (χ4v) is 3.25. The zero-order valence-corrected chi connectivity index (χ0v) is 13.3. The molecule has 112 valence electrons. The summed E-state index contributed by atoms with van der Waals surface area (Å²) in [5.41, 5.74) is 1.44.